The molecule has 0 aliphatic heterocycles. The van der Waals surface area contributed by atoms with Crippen molar-refractivity contribution in [1.82, 2.24) is 30.1 Å². The molecule has 17 heteroatoms. The van der Waals surface area contributed by atoms with Crippen molar-refractivity contribution in [2.75, 3.05) is 4.90 Å². The number of nitrogens with zero attached hydrogens (tertiary/aromatic N) is 8. The molecule has 0 unspecified atom stereocenters. The molecule has 0 spiro atoms. The maximum absolute atomic E-state index is 13.1. The number of aryl methyl sites for hydroxylation is 1. The Hall–Kier alpha value is -8.02. The van der Waals surface area contributed by atoms with E-state index in [-0.39, 0.29) is 41.8 Å². The first-order valence-electron chi connectivity index (χ1n) is 22.1. The van der Waals surface area contributed by atoms with E-state index in [9.17, 15) is 22.8 Å². The van der Waals surface area contributed by atoms with Gasteiger partial charge in [-0.25, -0.2) is 4.98 Å². The predicted molar refractivity (Wildman–Crippen MR) is 275 cm³/mol. The Balaban J connectivity index is 0.000000254. The SMILES string of the molecule is CC(C)(C)c1ccc(N(c2ccc(C(C)(C)C)cc2)c2ccnc(-c3cc(C(F)(F)F)n[n-]3)c2)cc1.Cc1ccc(C#Cc2ccnc(-c3cc(OC=O)cc(-c4cc(OC=O)ccn4)n3)c2)cc1.[N-]=C=S.[Ru+2]. The minimum absolute atomic E-state index is 0. The first-order valence-corrected chi connectivity index (χ1v) is 22.5. The fourth-order valence-electron chi connectivity index (χ4n) is 6.93. The maximum atomic E-state index is 13.1. The standard InChI is InChI=1S/C29H30F3N4.C26H17N3O4.CNS.Ru/c1-27(2,3)19-7-11-21(12-8-19)36(22-13-9-20(10-14-22)28(4,5)6)23-15-16-33-24(17-23)25-18-26(35-34-25)29(30,31)32;1-18-2-4-19(5-3-18)6-7-20-8-10-27-23(12-20)25-14-22(33-17-31)15-26(29-25)24-13-21(32-16-30)9-11-28-24;2-1-3;/h7-18H,1-6H3;2-5,8-17H,1H3;;/q-1;;-1;+2. The smallest absolute Gasteiger partial charge is 0.753 e. The van der Waals surface area contributed by atoms with Crippen LogP contribution < -0.4 is 19.5 Å². The van der Waals surface area contributed by atoms with Crippen molar-refractivity contribution in [3.05, 3.63) is 185 Å². The molecule has 3 aromatic carbocycles. The monoisotopic (exact) mass is 1090 g/mol. The average molecular weight is 1090 g/mol. The van der Waals surface area contributed by atoms with Crippen molar-refractivity contribution in [3.8, 4) is 57.5 Å². The first-order chi connectivity index (χ1) is 34.3. The van der Waals surface area contributed by atoms with Crippen molar-refractivity contribution < 1.29 is 51.7 Å². The van der Waals surface area contributed by atoms with Gasteiger partial charge in [-0.1, -0.05) is 113 Å². The molecule has 0 amide bonds. The molecule has 0 radical (unpaired) electrons. The van der Waals surface area contributed by atoms with Gasteiger partial charge in [-0.3, -0.25) is 24.5 Å². The van der Waals surface area contributed by atoms with Crippen LogP contribution >= 0.6 is 12.2 Å². The summed E-state index contributed by atoms with van der Waals surface area (Å²) < 4.78 is 49.2. The Morgan fingerprint density at radius 2 is 1.07 bits per heavy atom. The van der Waals surface area contributed by atoms with Crippen molar-refractivity contribution in [2.24, 2.45) is 0 Å². The summed E-state index contributed by atoms with van der Waals surface area (Å²) in [6.07, 6.45) is 0.146. The van der Waals surface area contributed by atoms with E-state index < -0.39 is 11.9 Å². The molecular formula is C56H47F3N8O4RuS. The van der Waals surface area contributed by atoms with E-state index in [1.807, 2.05) is 37.3 Å². The number of aromatic nitrogens is 6. The average Bonchev–Trinajstić information content (AvgIpc) is 3.87. The Bertz CT molecular complexity index is 3190. The van der Waals surface area contributed by atoms with Crippen LogP contribution in [-0.2, 0) is 46.1 Å². The molecule has 73 heavy (non-hydrogen) atoms. The number of benzene rings is 3. The number of carbonyl (C=O) groups is 2. The van der Waals surface area contributed by atoms with Gasteiger partial charge in [0, 0.05) is 65.0 Å². The van der Waals surface area contributed by atoms with Gasteiger partial charge in [-0.15, -0.1) is 0 Å². The van der Waals surface area contributed by atoms with E-state index in [1.54, 1.807) is 54.9 Å². The van der Waals surface area contributed by atoms with Crippen LogP contribution in [0.5, 0.6) is 11.5 Å². The first kappa shape index (κ1) is 55.9. The molecule has 0 saturated carbocycles. The van der Waals surface area contributed by atoms with Crippen LogP contribution in [0.15, 0.2) is 146 Å². The second-order valence-corrected chi connectivity index (χ2v) is 18.1. The minimum Gasteiger partial charge on any atom is -0.753 e. The maximum Gasteiger partial charge on any atom is 2.00 e. The predicted octanol–water partition coefficient (Wildman–Crippen LogP) is 12.8. The molecule has 0 atom stereocenters. The molecule has 370 valence electrons. The number of isothiocyanates is 1. The molecular weight excluding hydrogens is 1040 g/mol. The number of thiocarbonyl (C=S) groups is 1. The van der Waals surface area contributed by atoms with Crippen LogP contribution in [0, 0.1) is 18.8 Å². The normalized spacial score (nSPS) is 10.8. The molecule has 12 nitrogen and oxygen atoms in total. The summed E-state index contributed by atoms with van der Waals surface area (Å²) >= 11 is 3.70. The Kier molecular flexibility index (Phi) is 19.1. The third-order valence-electron chi connectivity index (χ3n) is 10.7. The fourth-order valence-corrected chi connectivity index (χ4v) is 6.93. The summed E-state index contributed by atoms with van der Waals surface area (Å²) in [5.41, 5.74) is 9.08. The second-order valence-electron chi connectivity index (χ2n) is 18.0. The number of carbonyl (C=O) groups excluding carboxylic acids is 2. The van der Waals surface area contributed by atoms with Gasteiger partial charge < -0.3 is 30.0 Å². The number of anilines is 3. The van der Waals surface area contributed by atoms with Crippen molar-refractivity contribution >= 4 is 47.4 Å². The number of pyridine rings is 4. The third-order valence-corrected chi connectivity index (χ3v) is 10.7. The molecule has 0 fully saturated rings. The summed E-state index contributed by atoms with van der Waals surface area (Å²) in [6, 6.07) is 39.0. The van der Waals surface area contributed by atoms with Crippen molar-refractivity contribution in [2.45, 2.75) is 65.5 Å². The molecule has 0 N–H and O–H groups in total. The summed E-state index contributed by atoms with van der Waals surface area (Å²) in [4.78, 5) is 41.2. The van der Waals surface area contributed by atoms with E-state index in [0.717, 1.165) is 34.3 Å². The number of ether oxygens (including phenoxy) is 2. The number of hydrogen-bond donors (Lipinski definition) is 0. The number of rotatable bonds is 10. The Morgan fingerprint density at radius 3 is 1.59 bits per heavy atom. The van der Waals surface area contributed by atoms with Gasteiger partial charge in [-0.05, 0) is 102 Å². The molecule has 0 bridgehead atoms. The van der Waals surface area contributed by atoms with Crippen molar-refractivity contribution in [3.63, 3.8) is 0 Å². The van der Waals surface area contributed by atoms with E-state index in [0.29, 0.717) is 47.2 Å². The van der Waals surface area contributed by atoms with E-state index >= 15 is 0 Å². The van der Waals surface area contributed by atoms with E-state index in [1.165, 1.54) is 28.0 Å². The van der Waals surface area contributed by atoms with E-state index in [4.69, 9.17) is 14.9 Å². The van der Waals surface area contributed by atoms with E-state index in [2.05, 4.69) is 149 Å². The van der Waals surface area contributed by atoms with Crippen LogP contribution in [0.25, 0.3) is 39.6 Å². The Morgan fingerprint density at radius 1 is 0.589 bits per heavy atom. The summed E-state index contributed by atoms with van der Waals surface area (Å²) in [5, 5.41) is 15.5. The van der Waals surface area contributed by atoms with Gasteiger partial charge in [0.1, 0.15) is 17.2 Å². The van der Waals surface area contributed by atoms with Gasteiger partial charge in [0.2, 0.25) is 0 Å². The summed E-state index contributed by atoms with van der Waals surface area (Å²) in [7, 11) is 0. The molecule has 8 rings (SSSR count). The Labute approximate surface area is 439 Å². The summed E-state index contributed by atoms with van der Waals surface area (Å²) in [6.45, 7) is 15.7. The minimum atomic E-state index is -4.56. The van der Waals surface area contributed by atoms with Gasteiger partial charge in [0.25, 0.3) is 12.9 Å². The fraction of sp³-hybridized carbons (Fsp3) is 0.179. The van der Waals surface area contributed by atoms with Crippen LogP contribution in [0.4, 0.5) is 30.2 Å². The zero-order chi connectivity index (χ0) is 52.1. The molecule has 0 saturated heterocycles. The molecule has 0 aliphatic rings. The summed E-state index contributed by atoms with van der Waals surface area (Å²) in [5.74, 6) is 6.84. The van der Waals surface area contributed by atoms with Crippen LogP contribution in [0.3, 0.4) is 0 Å². The number of hydrogen-bond acceptors (Lipinski definition) is 11. The zero-order valence-electron chi connectivity index (χ0n) is 40.6. The quantitative estimate of drug-likeness (QED) is 0.0420. The topological polar surface area (TPSA) is 157 Å². The zero-order valence-corrected chi connectivity index (χ0v) is 43.2. The van der Waals surface area contributed by atoms with Gasteiger partial charge >= 0.3 is 25.7 Å². The van der Waals surface area contributed by atoms with Gasteiger partial charge in [0.15, 0.2) is 0 Å². The molecule has 5 heterocycles. The molecule has 0 aliphatic carbocycles. The van der Waals surface area contributed by atoms with Gasteiger partial charge in [0.05, 0.1) is 28.5 Å². The second kappa shape index (κ2) is 24.9. The van der Waals surface area contributed by atoms with Crippen LogP contribution in [0.1, 0.15) is 75.1 Å². The molecule has 8 aromatic rings. The number of halogens is 3. The number of alkyl halides is 3. The van der Waals surface area contributed by atoms with Gasteiger partial charge in [-0.2, -0.15) is 18.3 Å². The van der Waals surface area contributed by atoms with Crippen LogP contribution in [-0.4, -0.2) is 43.1 Å². The van der Waals surface area contributed by atoms with Crippen molar-refractivity contribution in [1.29, 1.82) is 0 Å². The third kappa shape index (κ3) is 15.5. The van der Waals surface area contributed by atoms with Crippen LogP contribution in [0.2, 0.25) is 0 Å². The molecule has 5 aromatic heterocycles. The largest absolute Gasteiger partial charge is 2.00 e.